The highest BCUT2D eigenvalue weighted by Crippen LogP contribution is 2.19. The topological polar surface area (TPSA) is 74.1 Å². The number of carbonyl (C=O) groups is 1. The standard InChI is InChI=1S/C24H23N3O2/c25-16-14-20-10-12-22(13-11-20)29-18-21-8-4-5-9-23(21)27-24(28)26-17-15-19-6-2-1-3-7-19/h1-13H,14-15,17-18H2,(H2,26,27,28). The molecule has 0 radical (unpaired) electrons. The average Bonchev–Trinajstić information content (AvgIpc) is 2.75. The lowest BCUT2D eigenvalue weighted by atomic mass is 10.1. The van der Waals surface area contributed by atoms with Crippen molar-refractivity contribution in [1.29, 1.82) is 5.26 Å². The van der Waals surface area contributed by atoms with Gasteiger partial charge in [-0.1, -0.05) is 60.7 Å². The zero-order chi connectivity index (χ0) is 20.3. The third-order valence-electron chi connectivity index (χ3n) is 4.41. The summed E-state index contributed by atoms with van der Waals surface area (Å²) in [7, 11) is 0. The Morgan fingerprint density at radius 1 is 0.897 bits per heavy atom. The predicted molar refractivity (Wildman–Crippen MR) is 114 cm³/mol. The molecule has 0 spiro atoms. The normalized spacial score (nSPS) is 10.0. The molecule has 0 saturated carbocycles. The van der Waals surface area contributed by atoms with Crippen molar-refractivity contribution >= 4 is 11.7 Å². The maximum absolute atomic E-state index is 12.2. The monoisotopic (exact) mass is 385 g/mol. The lowest BCUT2D eigenvalue weighted by Gasteiger charge is -2.13. The van der Waals surface area contributed by atoms with Gasteiger partial charge >= 0.3 is 6.03 Å². The first-order valence-corrected chi connectivity index (χ1v) is 9.50. The summed E-state index contributed by atoms with van der Waals surface area (Å²) in [6.07, 6.45) is 1.16. The van der Waals surface area contributed by atoms with Gasteiger partial charge in [0, 0.05) is 17.8 Å². The number of para-hydroxylation sites is 1. The van der Waals surface area contributed by atoms with Crippen LogP contribution in [0.15, 0.2) is 78.9 Å². The molecule has 0 aromatic heterocycles. The molecule has 0 aliphatic carbocycles. The molecule has 0 fully saturated rings. The minimum atomic E-state index is -0.241. The number of rotatable bonds is 8. The Kier molecular flexibility index (Phi) is 7.25. The van der Waals surface area contributed by atoms with E-state index in [2.05, 4.69) is 16.7 Å². The van der Waals surface area contributed by atoms with Crippen LogP contribution in [0.2, 0.25) is 0 Å². The van der Waals surface area contributed by atoms with E-state index in [1.807, 2.05) is 78.9 Å². The summed E-state index contributed by atoms with van der Waals surface area (Å²) in [6, 6.07) is 26.9. The van der Waals surface area contributed by atoms with E-state index in [0.29, 0.717) is 31.0 Å². The van der Waals surface area contributed by atoms with Gasteiger partial charge in [-0.2, -0.15) is 5.26 Å². The smallest absolute Gasteiger partial charge is 0.319 e. The fraction of sp³-hybridized carbons (Fsp3) is 0.167. The van der Waals surface area contributed by atoms with Crippen LogP contribution < -0.4 is 15.4 Å². The number of anilines is 1. The van der Waals surface area contributed by atoms with Crippen LogP contribution in [0.3, 0.4) is 0 Å². The average molecular weight is 385 g/mol. The Balaban J connectivity index is 1.51. The maximum Gasteiger partial charge on any atom is 0.319 e. The zero-order valence-electron chi connectivity index (χ0n) is 16.1. The molecule has 29 heavy (non-hydrogen) atoms. The molecule has 0 bridgehead atoms. The number of urea groups is 1. The van der Waals surface area contributed by atoms with Crippen molar-refractivity contribution in [3.05, 3.63) is 95.6 Å². The van der Waals surface area contributed by atoms with E-state index in [-0.39, 0.29) is 6.03 Å². The molecule has 3 aromatic rings. The molecular weight excluding hydrogens is 362 g/mol. The van der Waals surface area contributed by atoms with Crippen molar-refractivity contribution in [2.24, 2.45) is 0 Å². The summed E-state index contributed by atoms with van der Waals surface area (Å²) in [4.78, 5) is 12.2. The van der Waals surface area contributed by atoms with Crippen molar-refractivity contribution < 1.29 is 9.53 Å². The number of ether oxygens (including phenoxy) is 1. The van der Waals surface area contributed by atoms with Gasteiger partial charge in [0.1, 0.15) is 12.4 Å². The zero-order valence-corrected chi connectivity index (χ0v) is 16.1. The number of carbonyl (C=O) groups excluding carboxylic acids is 1. The summed E-state index contributed by atoms with van der Waals surface area (Å²) in [6.45, 7) is 0.891. The SMILES string of the molecule is N#CCc1ccc(OCc2ccccc2NC(=O)NCCc2ccccc2)cc1. The first-order valence-electron chi connectivity index (χ1n) is 9.50. The molecule has 0 aliphatic rings. The molecule has 2 amide bonds. The Hall–Kier alpha value is -3.78. The largest absolute Gasteiger partial charge is 0.489 e. The molecular formula is C24H23N3O2. The molecule has 0 atom stereocenters. The van der Waals surface area contributed by atoms with E-state index in [0.717, 1.165) is 17.5 Å². The first-order chi connectivity index (χ1) is 14.2. The lowest BCUT2D eigenvalue weighted by molar-refractivity contribution is 0.252. The van der Waals surface area contributed by atoms with Gasteiger partial charge in [0.05, 0.1) is 12.5 Å². The number of nitriles is 1. The fourth-order valence-electron chi connectivity index (χ4n) is 2.86. The third kappa shape index (κ3) is 6.40. The second-order valence-corrected chi connectivity index (χ2v) is 6.54. The second kappa shape index (κ2) is 10.5. The molecule has 0 saturated heterocycles. The molecule has 2 N–H and O–H groups in total. The predicted octanol–water partition coefficient (Wildman–Crippen LogP) is 4.70. The van der Waals surface area contributed by atoms with Crippen LogP contribution >= 0.6 is 0 Å². The van der Waals surface area contributed by atoms with Crippen LogP contribution in [0.5, 0.6) is 5.75 Å². The highest BCUT2D eigenvalue weighted by atomic mass is 16.5. The van der Waals surface area contributed by atoms with Gasteiger partial charge in [-0.15, -0.1) is 0 Å². The van der Waals surface area contributed by atoms with Crippen LogP contribution in [0.4, 0.5) is 10.5 Å². The molecule has 146 valence electrons. The first kappa shape index (κ1) is 20.0. The summed E-state index contributed by atoms with van der Waals surface area (Å²) < 4.78 is 5.83. The minimum Gasteiger partial charge on any atom is -0.489 e. The van der Waals surface area contributed by atoms with Crippen LogP contribution in [-0.4, -0.2) is 12.6 Å². The minimum absolute atomic E-state index is 0.241. The number of nitrogens with zero attached hydrogens (tertiary/aromatic N) is 1. The molecule has 5 heteroatoms. The Morgan fingerprint density at radius 3 is 2.38 bits per heavy atom. The van der Waals surface area contributed by atoms with Gasteiger partial charge < -0.3 is 15.4 Å². The Morgan fingerprint density at radius 2 is 1.62 bits per heavy atom. The molecule has 0 aliphatic heterocycles. The highest BCUT2D eigenvalue weighted by molar-refractivity contribution is 5.90. The number of amides is 2. The van der Waals surface area contributed by atoms with Crippen molar-refractivity contribution in [2.75, 3.05) is 11.9 Å². The fourth-order valence-corrected chi connectivity index (χ4v) is 2.86. The number of hydrogen-bond donors (Lipinski definition) is 2. The van der Waals surface area contributed by atoms with E-state index in [9.17, 15) is 4.79 Å². The summed E-state index contributed by atoms with van der Waals surface area (Å²) in [5.74, 6) is 0.716. The van der Waals surface area contributed by atoms with Crippen molar-refractivity contribution in [3.63, 3.8) is 0 Å². The van der Waals surface area contributed by atoms with Crippen LogP contribution in [0, 0.1) is 11.3 Å². The van der Waals surface area contributed by atoms with E-state index in [1.54, 1.807) is 0 Å². The molecule has 0 unspecified atom stereocenters. The van der Waals surface area contributed by atoms with Gasteiger partial charge in [-0.3, -0.25) is 0 Å². The summed E-state index contributed by atoms with van der Waals surface area (Å²) in [5, 5.41) is 14.5. The van der Waals surface area contributed by atoms with E-state index < -0.39 is 0 Å². The lowest BCUT2D eigenvalue weighted by Crippen LogP contribution is -2.30. The summed E-state index contributed by atoms with van der Waals surface area (Å²) >= 11 is 0. The van der Waals surface area contributed by atoms with Gasteiger partial charge in [0.2, 0.25) is 0 Å². The van der Waals surface area contributed by atoms with Gasteiger partial charge in [-0.05, 0) is 35.7 Å². The molecule has 5 nitrogen and oxygen atoms in total. The van der Waals surface area contributed by atoms with E-state index in [4.69, 9.17) is 10.00 Å². The van der Waals surface area contributed by atoms with Gasteiger partial charge in [0.15, 0.2) is 0 Å². The van der Waals surface area contributed by atoms with Crippen molar-refractivity contribution in [3.8, 4) is 11.8 Å². The third-order valence-corrected chi connectivity index (χ3v) is 4.41. The number of benzene rings is 3. The van der Waals surface area contributed by atoms with E-state index in [1.165, 1.54) is 5.56 Å². The molecule has 0 heterocycles. The molecule has 3 aromatic carbocycles. The quantitative estimate of drug-likeness (QED) is 0.590. The van der Waals surface area contributed by atoms with Gasteiger partial charge in [-0.25, -0.2) is 4.79 Å². The highest BCUT2D eigenvalue weighted by Gasteiger charge is 2.07. The van der Waals surface area contributed by atoms with E-state index >= 15 is 0 Å². The summed E-state index contributed by atoms with van der Waals surface area (Å²) in [5.41, 5.74) is 3.73. The van der Waals surface area contributed by atoms with Crippen LogP contribution in [-0.2, 0) is 19.4 Å². The number of nitrogens with one attached hydrogen (secondary N) is 2. The Labute approximate surface area is 171 Å². The maximum atomic E-state index is 12.2. The van der Waals surface area contributed by atoms with Crippen molar-refractivity contribution in [1.82, 2.24) is 5.32 Å². The molecule has 3 rings (SSSR count). The number of hydrogen-bond acceptors (Lipinski definition) is 3. The van der Waals surface area contributed by atoms with Crippen molar-refractivity contribution in [2.45, 2.75) is 19.4 Å². The Bertz CT molecular complexity index is 963. The van der Waals surface area contributed by atoms with Crippen LogP contribution in [0.25, 0.3) is 0 Å². The second-order valence-electron chi connectivity index (χ2n) is 6.54. The van der Waals surface area contributed by atoms with Gasteiger partial charge in [0.25, 0.3) is 0 Å². The van der Waals surface area contributed by atoms with Crippen LogP contribution in [0.1, 0.15) is 16.7 Å².